The first-order valence-corrected chi connectivity index (χ1v) is 10.6. The Bertz CT molecular complexity index is 1080. The average Bonchev–Trinajstić information content (AvgIpc) is 3.56. The molecule has 1 saturated carbocycles. The van der Waals surface area contributed by atoms with Crippen LogP contribution in [0.3, 0.4) is 0 Å². The predicted octanol–water partition coefficient (Wildman–Crippen LogP) is 2.57. The lowest BCUT2D eigenvalue weighted by Gasteiger charge is -2.37. The first-order chi connectivity index (χ1) is 15.4. The molecule has 1 aliphatic carbocycles. The minimum atomic E-state index is -0.781. The maximum atomic E-state index is 12.2. The number of hydrogen-bond donors (Lipinski definition) is 4. The summed E-state index contributed by atoms with van der Waals surface area (Å²) in [5.74, 6) is 0.586. The smallest absolute Gasteiger partial charge is 0.254 e. The quantitative estimate of drug-likeness (QED) is 0.302. The molecule has 0 radical (unpaired) electrons. The van der Waals surface area contributed by atoms with E-state index in [1.54, 1.807) is 24.3 Å². The molecule has 1 aliphatic heterocycles. The third-order valence-electron chi connectivity index (χ3n) is 6.13. The van der Waals surface area contributed by atoms with Crippen LogP contribution in [0.4, 0.5) is 0 Å². The summed E-state index contributed by atoms with van der Waals surface area (Å²) in [7, 11) is 0. The molecule has 8 heteroatoms. The lowest BCUT2D eigenvalue weighted by Crippen LogP contribution is -2.50. The standard InChI is InChI=1S/C24H26N6O2/c25-15-30-14-17(10-11-24(30)12-13-24)29-22(27)20(23(28)31)21(26)16-6-8-19(9-7-16)32-18-4-2-1-3-5-18/h1-9,17,26,29H,10-14,27H2,(H2,28,31)/b22-20+,26-21?. The molecule has 1 spiro atoms. The molecule has 0 aromatic heterocycles. The van der Waals surface area contributed by atoms with Crippen molar-refractivity contribution in [3.8, 4) is 17.7 Å². The number of ether oxygens (including phenoxy) is 1. The number of nitrogens with two attached hydrogens (primary N) is 2. The maximum absolute atomic E-state index is 12.2. The van der Waals surface area contributed by atoms with Crippen LogP contribution in [-0.2, 0) is 4.79 Å². The van der Waals surface area contributed by atoms with Crippen molar-refractivity contribution >= 4 is 11.6 Å². The minimum Gasteiger partial charge on any atom is -0.457 e. The summed E-state index contributed by atoms with van der Waals surface area (Å²) in [4.78, 5) is 14.0. The Morgan fingerprint density at radius 1 is 1.09 bits per heavy atom. The number of benzene rings is 2. The van der Waals surface area contributed by atoms with Gasteiger partial charge in [0, 0.05) is 18.2 Å². The van der Waals surface area contributed by atoms with Gasteiger partial charge in [-0.25, -0.2) is 0 Å². The topological polar surface area (TPSA) is 141 Å². The van der Waals surface area contributed by atoms with Gasteiger partial charge in [0.15, 0.2) is 6.19 Å². The summed E-state index contributed by atoms with van der Waals surface area (Å²) in [6, 6.07) is 16.1. The van der Waals surface area contributed by atoms with Crippen molar-refractivity contribution in [3.63, 3.8) is 0 Å². The first-order valence-electron chi connectivity index (χ1n) is 10.6. The van der Waals surface area contributed by atoms with Crippen molar-refractivity contribution < 1.29 is 9.53 Å². The van der Waals surface area contributed by atoms with Crippen LogP contribution < -0.4 is 21.5 Å². The lowest BCUT2D eigenvalue weighted by atomic mass is 9.96. The number of para-hydroxylation sites is 1. The molecular formula is C24H26N6O2. The van der Waals surface area contributed by atoms with Gasteiger partial charge in [-0.3, -0.25) is 10.2 Å². The van der Waals surface area contributed by atoms with Crippen LogP contribution in [0.1, 0.15) is 31.2 Å². The van der Waals surface area contributed by atoms with Crippen LogP contribution in [-0.4, -0.2) is 34.6 Å². The molecular weight excluding hydrogens is 404 g/mol. The van der Waals surface area contributed by atoms with Crippen molar-refractivity contribution in [2.45, 2.75) is 37.3 Å². The summed E-state index contributed by atoms with van der Waals surface area (Å²) < 4.78 is 5.77. The third kappa shape index (κ3) is 4.37. The fraction of sp³-hybridized carbons (Fsp3) is 0.292. The monoisotopic (exact) mass is 430 g/mol. The molecule has 1 unspecified atom stereocenters. The Balaban J connectivity index is 1.47. The molecule has 1 amide bonds. The van der Waals surface area contributed by atoms with Crippen molar-refractivity contribution in [1.82, 2.24) is 10.2 Å². The van der Waals surface area contributed by atoms with E-state index < -0.39 is 5.91 Å². The average molecular weight is 431 g/mol. The Labute approximate surface area is 187 Å². The predicted molar refractivity (Wildman–Crippen MR) is 121 cm³/mol. The molecule has 1 saturated heterocycles. The molecule has 2 fully saturated rings. The number of rotatable bonds is 7. The van der Waals surface area contributed by atoms with E-state index in [0.717, 1.165) is 25.7 Å². The van der Waals surface area contributed by atoms with Crippen LogP contribution >= 0.6 is 0 Å². The maximum Gasteiger partial charge on any atom is 0.254 e. The van der Waals surface area contributed by atoms with Gasteiger partial charge >= 0.3 is 0 Å². The van der Waals surface area contributed by atoms with Crippen LogP contribution in [0.5, 0.6) is 11.5 Å². The molecule has 1 atom stereocenters. The van der Waals surface area contributed by atoms with Crippen LogP contribution in [0.2, 0.25) is 0 Å². The van der Waals surface area contributed by atoms with Gasteiger partial charge in [-0.1, -0.05) is 18.2 Å². The second-order valence-electron chi connectivity index (χ2n) is 8.28. The zero-order chi connectivity index (χ0) is 22.7. The van der Waals surface area contributed by atoms with Gasteiger partial charge in [-0.05, 0) is 62.1 Å². The van der Waals surface area contributed by atoms with Gasteiger partial charge in [-0.2, -0.15) is 5.26 Å². The number of piperidine rings is 1. The van der Waals surface area contributed by atoms with Gasteiger partial charge in [0.2, 0.25) is 0 Å². The summed E-state index contributed by atoms with van der Waals surface area (Å²) >= 11 is 0. The largest absolute Gasteiger partial charge is 0.457 e. The molecule has 2 aliphatic rings. The molecule has 6 N–H and O–H groups in total. The van der Waals surface area contributed by atoms with E-state index in [2.05, 4.69) is 11.5 Å². The lowest BCUT2D eigenvalue weighted by molar-refractivity contribution is -0.114. The SMILES string of the molecule is N#CN1CC(N/C(N)=C(\C(=N)c2ccc(Oc3ccccc3)cc2)C(N)=O)CCC12CC2. The number of nitrogens with zero attached hydrogens (tertiary/aromatic N) is 2. The summed E-state index contributed by atoms with van der Waals surface area (Å²) in [5, 5.41) is 21.1. The highest BCUT2D eigenvalue weighted by atomic mass is 16.5. The highest BCUT2D eigenvalue weighted by Gasteiger charge is 2.50. The number of primary amides is 1. The normalized spacial score (nSPS) is 19.5. The van der Waals surface area contributed by atoms with E-state index in [9.17, 15) is 10.1 Å². The molecule has 8 nitrogen and oxygen atoms in total. The van der Waals surface area contributed by atoms with E-state index in [1.807, 2.05) is 35.2 Å². The highest BCUT2D eigenvalue weighted by Crippen LogP contribution is 2.47. The zero-order valence-corrected chi connectivity index (χ0v) is 17.7. The number of hydrogen-bond acceptors (Lipinski definition) is 7. The van der Waals surface area contributed by atoms with Gasteiger partial charge in [0.1, 0.15) is 22.9 Å². The third-order valence-corrected chi connectivity index (χ3v) is 6.13. The number of carbonyl (C=O) groups is 1. The van der Waals surface area contributed by atoms with Gasteiger partial charge < -0.3 is 26.4 Å². The fourth-order valence-corrected chi connectivity index (χ4v) is 4.15. The Kier molecular flexibility index (Phi) is 5.73. The number of nitriles is 1. The molecule has 164 valence electrons. The van der Waals surface area contributed by atoms with Crippen LogP contribution in [0, 0.1) is 16.9 Å². The number of amides is 1. The summed E-state index contributed by atoms with van der Waals surface area (Å²) in [6.45, 7) is 0.516. The van der Waals surface area contributed by atoms with E-state index in [-0.39, 0.29) is 28.7 Å². The highest BCUT2D eigenvalue weighted by molar-refractivity contribution is 6.26. The van der Waals surface area contributed by atoms with E-state index in [0.29, 0.717) is 23.6 Å². The van der Waals surface area contributed by atoms with Gasteiger partial charge in [0.25, 0.3) is 5.91 Å². The van der Waals surface area contributed by atoms with Gasteiger partial charge in [-0.15, -0.1) is 0 Å². The zero-order valence-electron chi connectivity index (χ0n) is 17.7. The Morgan fingerprint density at radius 3 is 2.34 bits per heavy atom. The summed E-state index contributed by atoms with van der Waals surface area (Å²) in [5.41, 5.74) is 12.1. The van der Waals surface area contributed by atoms with Crippen molar-refractivity contribution in [2.75, 3.05) is 6.54 Å². The van der Waals surface area contributed by atoms with E-state index in [1.165, 1.54) is 0 Å². The molecule has 1 heterocycles. The molecule has 0 bridgehead atoms. The number of carbonyl (C=O) groups excluding carboxylic acids is 1. The van der Waals surface area contributed by atoms with E-state index in [4.69, 9.17) is 21.6 Å². The van der Waals surface area contributed by atoms with Crippen LogP contribution in [0.15, 0.2) is 66.0 Å². The molecule has 32 heavy (non-hydrogen) atoms. The van der Waals surface area contributed by atoms with Crippen molar-refractivity contribution in [2.24, 2.45) is 11.5 Å². The number of likely N-dealkylation sites (tertiary alicyclic amines) is 1. The Morgan fingerprint density at radius 2 is 1.75 bits per heavy atom. The van der Waals surface area contributed by atoms with Crippen molar-refractivity contribution in [1.29, 1.82) is 10.7 Å². The number of nitrogens with one attached hydrogen (secondary N) is 2. The first kappa shape index (κ1) is 21.2. The van der Waals surface area contributed by atoms with E-state index >= 15 is 0 Å². The van der Waals surface area contributed by atoms with Crippen molar-refractivity contribution in [3.05, 3.63) is 71.6 Å². The summed E-state index contributed by atoms with van der Waals surface area (Å²) in [6.07, 6.45) is 6.09. The van der Waals surface area contributed by atoms with Crippen LogP contribution in [0.25, 0.3) is 0 Å². The van der Waals surface area contributed by atoms with Gasteiger partial charge in [0.05, 0.1) is 11.3 Å². The minimum absolute atomic E-state index is 0.0220. The second-order valence-corrected chi connectivity index (χ2v) is 8.28. The molecule has 4 rings (SSSR count). The Hall–Kier alpha value is -3.99. The second kappa shape index (κ2) is 8.63. The fourth-order valence-electron chi connectivity index (χ4n) is 4.15. The molecule has 2 aromatic carbocycles. The molecule has 2 aromatic rings.